The van der Waals surface area contributed by atoms with E-state index in [1.54, 1.807) is 13.2 Å². The van der Waals surface area contributed by atoms with Crippen LogP contribution in [0.5, 0.6) is 5.75 Å². The average molecular weight is 413 g/mol. The molecule has 0 radical (unpaired) electrons. The number of quaternary nitrogens is 1. The van der Waals surface area contributed by atoms with E-state index in [0.717, 1.165) is 21.3 Å². The lowest BCUT2D eigenvalue weighted by molar-refractivity contribution is -0.682. The van der Waals surface area contributed by atoms with Crippen LogP contribution in [0.4, 0.5) is 5.69 Å². The molecule has 0 aromatic heterocycles. The number of halogens is 2. The third-order valence-electron chi connectivity index (χ3n) is 3.81. The van der Waals surface area contributed by atoms with Crippen molar-refractivity contribution in [3.8, 4) is 5.75 Å². The molecule has 2 aromatic rings. The van der Waals surface area contributed by atoms with Gasteiger partial charge in [-0.2, -0.15) is 0 Å². The minimum atomic E-state index is -0.0608. The van der Waals surface area contributed by atoms with Crippen LogP contribution in [-0.4, -0.2) is 19.6 Å². The number of amides is 1. The van der Waals surface area contributed by atoms with Gasteiger partial charge in [-0.25, -0.2) is 0 Å². The van der Waals surface area contributed by atoms with Crippen molar-refractivity contribution in [3.05, 3.63) is 57.0 Å². The Kier molecular flexibility index (Phi) is 6.66. The molecule has 1 amide bonds. The molecule has 0 bridgehead atoms. The molecular weight excluding hydrogens is 392 g/mol. The molecule has 0 saturated carbocycles. The highest BCUT2D eigenvalue weighted by Gasteiger charge is 2.13. The maximum atomic E-state index is 12.1. The number of hydrogen-bond acceptors (Lipinski definition) is 2. The zero-order valence-electron chi connectivity index (χ0n) is 13.9. The number of methoxy groups -OCH3 is 1. The Labute approximate surface area is 155 Å². The summed E-state index contributed by atoms with van der Waals surface area (Å²) in [6.45, 7) is 4.32. The first-order chi connectivity index (χ1) is 11.4. The van der Waals surface area contributed by atoms with Crippen molar-refractivity contribution in [1.82, 2.24) is 0 Å². The lowest BCUT2D eigenvalue weighted by Crippen LogP contribution is -2.86. The standard InChI is InChI=1S/C18H20BrClN2O2/c1-11-4-6-14(9-16(11)20)22-18(23)10-21-12(2)13-5-7-17(24-3)15(19)8-13/h4-9,12,21H,10H2,1-3H3,(H,22,23)/p+1/t12-/m1/s1. The molecule has 1 atom stereocenters. The van der Waals surface area contributed by atoms with Gasteiger partial charge >= 0.3 is 0 Å². The van der Waals surface area contributed by atoms with Gasteiger partial charge in [0, 0.05) is 16.3 Å². The summed E-state index contributed by atoms with van der Waals surface area (Å²) in [6.07, 6.45) is 0. The summed E-state index contributed by atoms with van der Waals surface area (Å²) in [7, 11) is 1.64. The second kappa shape index (κ2) is 8.51. The largest absolute Gasteiger partial charge is 0.496 e. The molecule has 0 aliphatic carbocycles. The number of carbonyl (C=O) groups excluding carboxylic acids is 1. The zero-order chi connectivity index (χ0) is 17.7. The Balaban J connectivity index is 1.90. The Morgan fingerprint density at radius 3 is 2.71 bits per heavy atom. The summed E-state index contributed by atoms with van der Waals surface area (Å²) in [5.41, 5.74) is 2.82. The summed E-state index contributed by atoms with van der Waals surface area (Å²) in [5.74, 6) is 0.731. The number of anilines is 1. The second-order valence-corrected chi connectivity index (χ2v) is 6.90. The Hall–Kier alpha value is -1.56. The van der Waals surface area contributed by atoms with E-state index in [0.29, 0.717) is 17.3 Å². The topological polar surface area (TPSA) is 54.9 Å². The van der Waals surface area contributed by atoms with Gasteiger partial charge in [0.25, 0.3) is 5.91 Å². The first kappa shape index (κ1) is 18.8. The molecule has 0 spiro atoms. The molecule has 2 rings (SSSR count). The molecule has 0 aliphatic heterocycles. The van der Waals surface area contributed by atoms with E-state index in [4.69, 9.17) is 16.3 Å². The van der Waals surface area contributed by atoms with Crippen molar-refractivity contribution < 1.29 is 14.8 Å². The van der Waals surface area contributed by atoms with E-state index in [2.05, 4.69) is 28.2 Å². The molecule has 0 heterocycles. The van der Waals surface area contributed by atoms with Crippen LogP contribution in [-0.2, 0) is 4.79 Å². The fraction of sp³-hybridized carbons (Fsp3) is 0.278. The van der Waals surface area contributed by atoms with Crippen LogP contribution in [0.2, 0.25) is 5.02 Å². The lowest BCUT2D eigenvalue weighted by Gasteiger charge is -2.13. The van der Waals surface area contributed by atoms with Crippen LogP contribution < -0.4 is 15.4 Å². The number of nitrogens with two attached hydrogens (primary N) is 1. The van der Waals surface area contributed by atoms with Gasteiger partial charge < -0.3 is 15.4 Å². The highest BCUT2D eigenvalue weighted by molar-refractivity contribution is 9.10. The molecular formula is C18H21BrClN2O2+. The van der Waals surface area contributed by atoms with Crippen LogP contribution >= 0.6 is 27.5 Å². The van der Waals surface area contributed by atoms with Crippen LogP contribution in [0.15, 0.2) is 40.9 Å². The lowest BCUT2D eigenvalue weighted by atomic mass is 10.1. The van der Waals surface area contributed by atoms with Gasteiger partial charge in [-0.05, 0) is 65.7 Å². The Bertz CT molecular complexity index is 737. The van der Waals surface area contributed by atoms with Crippen LogP contribution in [0, 0.1) is 6.92 Å². The molecule has 3 N–H and O–H groups in total. The molecule has 0 fully saturated rings. The quantitative estimate of drug-likeness (QED) is 0.760. The summed E-state index contributed by atoms with van der Waals surface area (Å²) >= 11 is 9.55. The minimum absolute atomic E-state index is 0.0608. The van der Waals surface area contributed by atoms with Gasteiger partial charge in [0.1, 0.15) is 11.8 Å². The van der Waals surface area contributed by atoms with Gasteiger partial charge in [0.05, 0.1) is 11.6 Å². The van der Waals surface area contributed by atoms with Crippen LogP contribution in [0.1, 0.15) is 24.1 Å². The highest BCUT2D eigenvalue weighted by Crippen LogP contribution is 2.27. The first-order valence-electron chi connectivity index (χ1n) is 7.63. The third kappa shape index (κ3) is 4.97. The number of ether oxygens (including phenoxy) is 1. The predicted octanol–water partition coefficient (Wildman–Crippen LogP) is 3.68. The van der Waals surface area contributed by atoms with Gasteiger partial charge in [0.2, 0.25) is 0 Å². The van der Waals surface area contributed by atoms with Crippen LogP contribution in [0.3, 0.4) is 0 Å². The second-order valence-electron chi connectivity index (χ2n) is 5.63. The summed E-state index contributed by atoms with van der Waals surface area (Å²) in [5, 5.41) is 5.49. The van der Waals surface area contributed by atoms with Crippen molar-refractivity contribution in [3.63, 3.8) is 0 Å². The number of nitrogens with one attached hydrogen (secondary N) is 1. The van der Waals surface area contributed by atoms with Crippen LogP contribution in [0.25, 0.3) is 0 Å². The average Bonchev–Trinajstić information content (AvgIpc) is 2.56. The summed E-state index contributed by atoms with van der Waals surface area (Å²) in [6, 6.07) is 11.6. The van der Waals surface area contributed by atoms with E-state index in [1.165, 1.54) is 0 Å². The number of hydrogen-bond donors (Lipinski definition) is 2. The first-order valence-corrected chi connectivity index (χ1v) is 8.80. The monoisotopic (exact) mass is 411 g/mol. The van der Waals surface area contributed by atoms with E-state index in [1.807, 2.05) is 42.6 Å². The molecule has 24 heavy (non-hydrogen) atoms. The SMILES string of the molecule is COc1ccc([C@@H](C)[NH2+]CC(=O)Nc2ccc(C)c(Cl)c2)cc1Br. The smallest absolute Gasteiger partial charge is 0.279 e. The molecule has 0 saturated heterocycles. The molecule has 6 heteroatoms. The van der Waals surface area contributed by atoms with Crippen molar-refractivity contribution in [2.24, 2.45) is 0 Å². The normalized spacial score (nSPS) is 11.9. The van der Waals surface area contributed by atoms with Crippen molar-refractivity contribution in [1.29, 1.82) is 0 Å². The molecule has 0 aliphatic rings. The predicted molar refractivity (Wildman–Crippen MR) is 101 cm³/mol. The fourth-order valence-corrected chi connectivity index (χ4v) is 3.01. The molecule has 2 aromatic carbocycles. The number of carbonyl (C=O) groups is 1. The van der Waals surface area contributed by atoms with Crippen molar-refractivity contribution in [2.75, 3.05) is 19.0 Å². The van der Waals surface area contributed by atoms with E-state index in [9.17, 15) is 4.79 Å². The van der Waals surface area contributed by atoms with E-state index >= 15 is 0 Å². The van der Waals surface area contributed by atoms with Gasteiger partial charge in [0.15, 0.2) is 6.54 Å². The number of aryl methyl sites for hydroxylation is 1. The fourth-order valence-electron chi connectivity index (χ4n) is 2.27. The number of rotatable bonds is 6. The summed E-state index contributed by atoms with van der Waals surface area (Å²) < 4.78 is 6.13. The molecule has 0 unspecified atom stereocenters. The maximum absolute atomic E-state index is 12.1. The van der Waals surface area contributed by atoms with E-state index < -0.39 is 0 Å². The summed E-state index contributed by atoms with van der Waals surface area (Å²) in [4.78, 5) is 12.1. The molecule has 4 nitrogen and oxygen atoms in total. The molecule has 128 valence electrons. The number of benzene rings is 2. The van der Waals surface area contributed by atoms with Crippen molar-refractivity contribution >= 4 is 39.1 Å². The van der Waals surface area contributed by atoms with Crippen molar-refractivity contribution in [2.45, 2.75) is 19.9 Å². The van der Waals surface area contributed by atoms with Gasteiger partial charge in [-0.1, -0.05) is 17.7 Å². The maximum Gasteiger partial charge on any atom is 0.279 e. The zero-order valence-corrected chi connectivity index (χ0v) is 16.2. The minimum Gasteiger partial charge on any atom is -0.496 e. The Morgan fingerprint density at radius 2 is 2.08 bits per heavy atom. The highest BCUT2D eigenvalue weighted by atomic mass is 79.9. The Morgan fingerprint density at radius 1 is 1.33 bits per heavy atom. The van der Waals surface area contributed by atoms with Gasteiger partial charge in [-0.15, -0.1) is 0 Å². The van der Waals surface area contributed by atoms with Gasteiger partial charge in [-0.3, -0.25) is 4.79 Å². The van der Waals surface area contributed by atoms with E-state index in [-0.39, 0.29) is 11.9 Å². The third-order valence-corrected chi connectivity index (χ3v) is 4.84.